The van der Waals surface area contributed by atoms with E-state index in [-0.39, 0.29) is 18.3 Å². The summed E-state index contributed by atoms with van der Waals surface area (Å²) in [7, 11) is 0. The molecule has 1 N–H and O–H groups in total. The molecule has 0 bridgehead atoms. The van der Waals surface area contributed by atoms with Gasteiger partial charge in [0.1, 0.15) is 11.6 Å². The molecular weight excluding hydrogens is 158 g/mol. The van der Waals surface area contributed by atoms with Crippen LogP contribution in [0.5, 0.6) is 0 Å². The Kier molecular flexibility index (Phi) is 1.34. The van der Waals surface area contributed by atoms with Crippen LogP contribution in [0.3, 0.4) is 0 Å². The third-order valence-electron chi connectivity index (χ3n) is 2.33. The lowest BCUT2D eigenvalue weighted by Crippen LogP contribution is -2.50. The summed E-state index contributed by atoms with van der Waals surface area (Å²) in [6.45, 7) is 3.80. The Hall–Kier alpha value is -1.19. The quantitative estimate of drug-likeness (QED) is 0.583. The fourth-order valence-electron chi connectivity index (χ4n) is 1.65. The summed E-state index contributed by atoms with van der Waals surface area (Å²) < 4.78 is 10.3. The van der Waals surface area contributed by atoms with Crippen LogP contribution in [-0.4, -0.2) is 23.8 Å². The number of hydrogen-bond donors (Lipinski definition) is 1. The molecule has 3 atom stereocenters. The number of alkyl carbamates (subject to hydrolysis) is 1. The molecule has 66 valence electrons. The Morgan fingerprint density at radius 2 is 2.42 bits per heavy atom. The molecule has 0 unspecified atom stereocenters. The summed E-state index contributed by atoms with van der Waals surface area (Å²) in [6, 6.07) is 0. The molecule has 4 nitrogen and oxygen atoms in total. The van der Waals surface area contributed by atoms with Gasteiger partial charge in [-0.2, -0.15) is 0 Å². The Balaban J connectivity index is 2.32. The summed E-state index contributed by atoms with van der Waals surface area (Å²) in [5.41, 5.74) is -0.394. The van der Waals surface area contributed by atoms with Crippen LogP contribution in [-0.2, 0) is 9.47 Å². The lowest BCUT2D eigenvalue weighted by atomic mass is 9.91. The molecule has 2 aliphatic rings. The smallest absolute Gasteiger partial charge is 0.408 e. The van der Waals surface area contributed by atoms with Crippen LogP contribution in [0.15, 0.2) is 12.3 Å². The van der Waals surface area contributed by atoms with Crippen molar-refractivity contribution in [1.82, 2.24) is 5.32 Å². The number of carbonyl (C=O) groups excluding carboxylic acids is 1. The predicted octanol–water partition coefficient (Wildman–Crippen LogP) is 0.786. The van der Waals surface area contributed by atoms with E-state index in [2.05, 4.69) is 5.32 Å². The van der Waals surface area contributed by atoms with Crippen molar-refractivity contribution in [2.45, 2.75) is 31.6 Å². The van der Waals surface area contributed by atoms with Crippen molar-refractivity contribution in [3.05, 3.63) is 12.3 Å². The highest BCUT2D eigenvalue weighted by Gasteiger charge is 2.48. The molecule has 1 fully saturated rings. The summed E-state index contributed by atoms with van der Waals surface area (Å²) in [5.74, 6) is 0. The Morgan fingerprint density at radius 3 is 3.08 bits per heavy atom. The first-order chi connectivity index (χ1) is 5.62. The molecule has 12 heavy (non-hydrogen) atoms. The second-order valence-electron chi connectivity index (χ2n) is 3.38. The fourth-order valence-corrected chi connectivity index (χ4v) is 1.65. The Labute approximate surface area is 70.5 Å². The van der Waals surface area contributed by atoms with Gasteiger partial charge in [-0.15, -0.1) is 0 Å². The molecule has 2 rings (SSSR count). The van der Waals surface area contributed by atoms with Gasteiger partial charge in [0.15, 0.2) is 6.10 Å². The van der Waals surface area contributed by atoms with Crippen molar-refractivity contribution in [2.24, 2.45) is 0 Å². The third kappa shape index (κ3) is 0.873. The van der Waals surface area contributed by atoms with Crippen molar-refractivity contribution >= 4 is 6.09 Å². The zero-order valence-corrected chi connectivity index (χ0v) is 7.03. The Morgan fingerprint density at radius 1 is 1.67 bits per heavy atom. The van der Waals surface area contributed by atoms with Gasteiger partial charge in [0, 0.05) is 0 Å². The second kappa shape index (κ2) is 2.15. The molecule has 1 amide bonds. The average molecular weight is 169 g/mol. The zero-order chi connectivity index (χ0) is 8.77. The number of rotatable bonds is 0. The van der Waals surface area contributed by atoms with E-state index in [0.717, 1.165) is 0 Å². The average Bonchev–Trinajstić information content (AvgIpc) is 2.26. The molecule has 0 aromatic carbocycles. The summed E-state index contributed by atoms with van der Waals surface area (Å²) in [5, 5.41) is 2.73. The number of ether oxygens (including phenoxy) is 2. The topological polar surface area (TPSA) is 47.6 Å². The van der Waals surface area contributed by atoms with Gasteiger partial charge in [-0.05, 0) is 19.9 Å². The van der Waals surface area contributed by atoms with Gasteiger partial charge < -0.3 is 14.8 Å². The van der Waals surface area contributed by atoms with Gasteiger partial charge in [0.2, 0.25) is 0 Å². The van der Waals surface area contributed by atoms with Crippen LogP contribution in [0.25, 0.3) is 0 Å². The minimum atomic E-state index is -0.394. The van der Waals surface area contributed by atoms with Gasteiger partial charge >= 0.3 is 6.09 Å². The number of hydrogen-bond acceptors (Lipinski definition) is 3. The lowest BCUT2D eigenvalue weighted by molar-refractivity contribution is -0.00429. The third-order valence-corrected chi connectivity index (χ3v) is 2.33. The first kappa shape index (κ1) is 7.46. The maximum absolute atomic E-state index is 10.9. The van der Waals surface area contributed by atoms with E-state index < -0.39 is 5.54 Å². The van der Waals surface area contributed by atoms with Crippen LogP contribution in [0.1, 0.15) is 13.8 Å². The largest absolute Gasteiger partial charge is 0.495 e. The van der Waals surface area contributed by atoms with Gasteiger partial charge in [0.05, 0.1) is 6.26 Å². The second-order valence-corrected chi connectivity index (χ2v) is 3.38. The minimum absolute atomic E-state index is 0.0843. The lowest BCUT2D eigenvalue weighted by Gasteiger charge is -2.32. The highest BCUT2D eigenvalue weighted by Crippen LogP contribution is 2.29. The molecule has 0 aliphatic carbocycles. The first-order valence-corrected chi connectivity index (χ1v) is 3.94. The standard InChI is InChI=1S/C8H11NO3/c1-5-6-8(2,3-4-11-5)9-7(10)12-6/h3-6H,1-2H3,(H,9,10)/t5-,6-,8+/m1/s1. The van der Waals surface area contributed by atoms with E-state index in [1.54, 1.807) is 6.26 Å². The molecule has 0 aromatic rings. The molecule has 0 radical (unpaired) electrons. The van der Waals surface area contributed by atoms with Gasteiger partial charge in [-0.3, -0.25) is 0 Å². The normalized spacial score (nSPS) is 44.3. The van der Waals surface area contributed by atoms with Crippen LogP contribution in [0.2, 0.25) is 0 Å². The van der Waals surface area contributed by atoms with Crippen molar-refractivity contribution in [1.29, 1.82) is 0 Å². The van der Waals surface area contributed by atoms with E-state index in [1.807, 2.05) is 19.9 Å². The molecule has 1 saturated heterocycles. The fraction of sp³-hybridized carbons (Fsp3) is 0.625. The van der Waals surface area contributed by atoms with Gasteiger partial charge in [-0.1, -0.05) is 0 Å². The van der Waals surface area contributed by atoms with Crippen LogP contribution in [0.4, 0.5) is 4.79 Å². The molecule has 0 spiro atoms. The van der Waals surface area contributed by atoms with Crippen LogP contribution < -0.4 is 5.32 Å². The van der Waals surface area contributed by atoms with Crippen molar-refractivity contribution in [3.63, 3.8) is 0 Å². The number of carbonyl (C=O) groups is 1. The minimum Gasteiger partial charge on any atom is -0.495 e. The van der Waals surface area contributed by atoms with E-state index in [4.69, 9.17) is 9.47 Å². The maximum Gasteiger partial charge on any atom is 0.408 e. The highest BCUT2D eigenvalue weighted by molar-refractivity contribution is 5.72. The predicted molar refractivity (Wildman–Crippen MR) is 41.5 cm³/mol. The molecule has 4 heteroatoms. The molecule has 2 heterocycles. The summed E-state index contributed by atoms with van der Waals surface area (Å²) in [4.78, 5) is 10.9. The Bertz CT molecular complexity index is 251. The highest BCUT2D eigenvalue weighted by atomic mass is 16.6. The van der Waals surface area contributed by atoms with Crippen molar-refractivity contribution in [3.8, 4) is 0 Å². The summed E-state index contributed by atoms with van der Waals surface area (Å²) >= 11 is 0. The van der Waals surface area contributed by atoms with Gasteiger partial charge in [0.25, 0.3) is 0 Å². The number of nitrogens with one attached hydrogen (secondary N) is 1. The van der Waals surface area contributed by atoms with Crippen LogP contribution >= 0.6 is 0 Å². The van der Waals surface area contributed by atoms with E-state index >= 15 is 0 Å². The van der Waals surface area contributed by atoms with Crippen LogP contribution in [0, 0.1) is 0 Å². The SMILES string of the molecule is C[C@H]1OC=C[C@]2(C)NC(=O)O[C@H]12. The first-order valence-electron chi connectivity index (χ1n) is 3.94. The summed E-state index contributed by atoms with van der Waals surface area (Å²) in [6.07, 6.45) is 2.75. The molecule has 2 aliphatic heterocycles. The van der Waals surface area contributed by atoms with E-state index in [9.17, 15) is 4.79 Å². The molecule has 0 saturated carbocycles. The van der Waals surface area contributed by atoms with Crippen molar-refractivity contribution < 1.29 is 14.3 Å². The number of amides is 1. The zero-order valence-electron chi connectivity index (χ0n) is 7.03. The molecular formula is C8H11NO3. The maximum atomic E-state index is 10.9. The van der Waals surface area contributed by atoms with Crippen molar-refractivity contribution in [2.75, 3.05) is 0 Å². The monoisotopic (exact) mass is 169 g/mol. The molecule has 0 aromatic heterocycles. The number of fused-ring (bicyclic) bond motifs is 1. The van der Waals surface area contributed by atoms with Gasteiger partial charge in [-0.25, -0.2) is 4.79 Å². The van der Waals surface area contributed by atoms with E-state index in [1.165, 1.54) is 0 Å². The van der Waals surface area contributed by atoms with E-state index in [0.29, 0.717) is 0 Å².